The molecule has 146 valence electrons. The Balaban J connectivity index is 1.68. The molecule has 1 atom stereocenters. The third kappa shape index (κ3) is 4.06. The third-order valence-corrected chi connectivity index (χ3v) is 5.01. The second kappa shape index (κ2) is 8.25. The molecule has 1 unspecified atom stereocenters. The van der Waals surface area contributed by atoms with Crippen molar-refractivity contribution >= 4 is 17.9 Å². The quantitative estimate of drug-likeness (QED) is 0.828. The van der Waals surface area contributed by atoms with Crippen LogP contribution in [0, 0.1) is 19.8 Å². The van der Waals surface area contributed by atoms with Crippen molar-refractivity contribution in [2.75, 3.05) is 20.8 Å². The average molecular weight is 380 g/mol. The lowest BCUT2D eigenvalue weighted by atomic mass is 9.98. The molecule has 1 heterocycles. The Kier molecular flexibility index (Phi) is 5.78. The normalized spacial score (nSPS) is 15.1. The highest BCUT2D eigenvalue weighted by atomic mass is 16.5. The lowest BCUT2D eigenvalue weighted by Gasteiger charge is -2.14. The van der Waals surface area contributed by atoms with Crippen molar-refractivity contribution in [3.63, 3.8) is 0 Å². The minimum Gasteiger partial charge on any atom is -0.497 e. The van der Waals surface area contributed by atoms with Gasteiger partial charge in [0.05, 0.1) is 25.5 Å². The Hall–Kier alpha value is -3.15. The van der Waals surface area contributed by atoms with Crippen LogP contribution in [0.5, 0.6) is 11.5 Å². The van der Waals surface area contributed by atoms with Crippen molar-refractivity contribution < 1.29 is 19.1 Å². The molecule has 0 saturated carbocycles. The van der Waals surface area contributed by atoms with Crippen LogP contribution in [-0.4, -0.2) is 32.6 Å². The Labute approximate surface area is 163 Å². The fourth-order valence-corrected chi connectivity index (χ4v) is 3.17. The van der Waals surface area contributed by atoms with Crippen molar-refractivity contribution in [1.82, 2.24) is 5.32 Å². The van der Waals surface area contributed by atoms with Crippen molar-refractivity contribution in [3.05, 3.63) is 57.6 Å². The van der Waals surface area contributed by atoms with Crippen LogP contribution < -0.4 is 25.4 Å². The van der Waals surface area contributed by atoms with Crippen LogP contribution in [-0.2, 0) is 4.79 Å². The Morgan fingerprint density at radius 1 is 1.11 bits per heavy atom. The van der Waals surface area contributed by atoms with Gasteiger partial charge < -0.3 is 14.8 Å². The van der Waals surface area contributed by atoms with E-state index < -0.39 is 0 Å². The second-order valence-electron chi connectivity index (χ2n) is 6.81. The molecule has 1 aliphatic heterocycles. The molecule has 6 nitrogen and oxygen atoms in total. The summed E-state index contributed by atoms with van der Waals surface area (Å²) < 4.78 is 10.4. The molecule has 6 heteroatoms. The summed E-state index contributed by atoms with van der Waals surface area (Å²) in [5.74, 6) is 0.334. The summed E-state index contributed by atoms with van der Waals surface area (Å²) in [5.41, 5.74) is 2.58. The van der Waals surface area contributed by atoms with Gasteiger partial charge in [-0.2, -0.15) is 0 Å². The number of aryl methyl sites for hydroxylation is 1. The highest BCUT2D eigenvalue weighted by Gasteiger charge is 2.19. The van der Waals surface area contributed by atoms with Crippen molar-refractivity contribution in [3.8, 4) is 11.5 Å². The van der Waals surface area contributed by atoms with Gasteiger partial charge in [-0.1, -0.05) is 18.2 Å². The third-order valence-electron chi connectivity index (χ3n) is 5.01. The summed E-state index contributed by atoms with van der Waals surface area (Å²) in [6.45, 7) is 4.34. The molecule has 0 bridgehead atoms. The van der Waals surface area contributed by atoms with E-state index in [1.807, 2.05) is 32.1 Å². The van der Waals surface area contributed by atoms with Crippen LogP contribution in [0.4, 0.5) is 0 Å². The van der Waals surface area contributed by atoms with Crippen LogP contribution in [0.1, 0.15) is 27.9 Å². The first kappa shape index (κ1) is 19.6. The standard InChI is InChI=1S/C22H24N2O4/c1-13-5-6-15-9-16(22(26)24-20(15)14(13)2)7-8-23-21(25)17-10-18(27-3)12-19(11-17)28-4/h5-6,9-12,16H,7-8H2,1-4H3,(H,23,25). The predicted octanol–water partition coefficient (Wildman–Crippen LogP) is 1.70. The molecular formula is C22H24N2O4. The average Bonchev–Trinajstić information content (AvgIpc) is 2.71. The Morgan fingerprint density at radius 2 is 1.79 bits per heavy atom. The van der Waals surface area contributed by atoms with Gasteiger partial charge in [0.2, 0.25) is 0 Å². The molecule has 28 heavy (non-hydrogen) atoms. The smallest absolute Gasteiger partial charge is 0.253 e. The molecule has 0 saturated heterocycles. The summed E-state index contributed by atoms with van der Waals surface area (Å²) in [6.07, 6.45) is 2.43. The molecule has 2 aromatic carbocycles. The number of fused-ring (bicyclic) bond motifs is 1. The molecule has 0 radical (unpaired) electrons. The summed E-state index contributed by atoms with van der Waals surface area (Å²) in [7, 11) is 3.07. The van der Waals surface area contributed by atoms with Gasteiger partial charge in [0.1, 0.15) is 11.5 Å². The van der Waals surface area contributed by atoms with Crippen LogP contribution in [0.3, 0.4) is 0 Å². The van der Waals surface area contributed by atoms with E-state index in [0.717, 1.165) is 21.7 Å². The van der Waals surface area contributed by atoms with E-state index in [0.29, 0.717) is 30.0 Å². The molecule has 0 aromatic heterocycles. The fourth-order valence-electron chi connectivity index (χ4n) is 3.17. The zero-order valence-corrected chi connectivity index (χ0v) is 16.5. The molecule has 1 aliphatic rings. The SMILES string of the molecule is COc1cc(OC)cc(C(=O)NCCC2C=c3ccc(C)c(C)c3=NC2=O)c1. The number of nitrogens with zero attached hydrogens (tertiary/aromatic N) is 1. The first-order chi connectivity index (χ1) is 13.4. The van der Waals surface area contributed by atoms with Crippen LogP contribution in [0.15, 0.2) is 35.3 Å². The molecular weight excluding hydrogens is 356 g/mol. The van der Waals surface area contributed by atoms with Gasteiger partial charge in [0.25, 0.3) is 11.8 Å². The monoisotopic (exact) mass is 380 g/mol. The minimum atomic E-state index is -0.338. The number of carbonyl (C=O) groups excluding carboxylic acids is 2. The number of methoxy groups -OCH3 is 2. The van der Waals surface area contributed by atoms with E-state index in [2.05, 4.69) is 10.3 Å². The molecule has 0 fully saturated rings. The van der Waals surface area contributed by atoms with E-state index in [1.54, 1.807) is 18.2 Å². The largest absolute Gasteiger partial charge is 0.497 e. The Bertz CT molecular complexity index is 1020. The highest BCUT2D eigenvalue weighted by Crippen LogP contribution is 2.22. The summed E-state index contributed by atoms with van der Waals surface area (Å²) in [6, 6.07) is 9.01. The zero-order chi connectivity index (χ0) is 20.3. The second-order valence-corrected chi connectivity index (χ2v) is 6.81. The molecule has 1 N–H and O–H groups in total. The maximum absolute atomic E-state index is 12.4. The van der Waals surface area contributed by atoms with Crippen molar-refractivity contribution in [2.45, 2.75) is 20.3 Å². The van der Waals surface area contributed by atoms with Crippen molar-refractivity contribution in [1.29, 1.82) is 0 Å². The van der Waals surface area contributed by atoms with E-state index >= 15 is 0 Å². The number of carbonyl (C=O) groups is 2. The summed E-state index contributed by atoms with van der Waals surface area (Å²) in [5, 5.41) is 4.58. The molecule has 3 rings (SSSR count). The lowest BCUT2D eigenvalue weighted by Crippen LogP contribution is -2.37. The molecule has 2 aromatic rings. The van der Waals surface area contributed by atoms with Gasteiger partial charge >= 0.3 is 0 Å². The first-order valence-corrected chi connectivity index (χ1v) is 9.15. The van der Waals surface area contributed by atoms with Gasteiger partial charge in [-0.15, -0.1) is 0 Å². The molecule has 2 amide bonds. The van der Waals surface area contributed by atoms with Gasteiger partial charge in [-0.25, -0.2) is 4.99 Å². The van der Waals surface area contributed by atoms with E-state index in [9.17, 15) is 9.59 Å². The number of nitrogens with one attached hydrogen (secondary N) is 1. The summed E-state index contributed by atoms with van der Waals surface area (Å²) in [4.78, 5) is 29.1. The Morgan fingerprint density at radius 3 is 2.43 bits per heavy atom. The molecule has 0 spiro atoms. The zero-order valence-electron chi connectivity index (χ0n) is 16.5. The lowest BCUT2D eigenvalue weighted by molar-refractivity contribution is -0.120. The van der Waals surface area contributed by atoms with E-state index in [1.165, 1.54) is 14.2 Å². The van der Waals surface area contributed by atoms with E-state index in [-0.39, 0.29) is 17.7 Å². The number of hydrogen-bond donors (Lipinski definition) is 1. The van der Waals surface area contributed by atoms with Crippen LogP contribution in [0.25, 0.3) is 6.08 Å². The number of ether oxygens (including phenoxy) is 2. The highest BCUT2D eigenvalue weighted by molar-refractivity contribution is 5.95. The van der Waals surface area contributed by atoms with Crippen LogP contribution >= 0.6 is 0 Å². The van der Waals surface area contributed by atoms with Gasteiger partial charge in [0, 0.05) is 18.2 Å². The van der Waals surface area contributed by atoms with Gasteiger partial charge in [-0.3, -0.25) is 9.59 Å². The fraction of sp³-hybridized carbons (Fsp3) is 0.318. The topological polar surface area (TPSA) is 77.0 Å². The molecule has 0 aliphatic carbocycles. The van der Waals surface area contributed by atoms with Gasteiger partial charge in [-0.05, 0) is 48.7 Å². The minimum absolute atomic E-state index is 0.168. The summed E-state index contributed by atoms with van der Waals surface area (Å²) >= 11 is 0. The van der Waals surface area contributed by atoms with Crippen LogP contribution in [0.2, 0.25) is 0 Å². The van der Waals surface area contributed by atoms with Gasteiger partial charge in [0.15, 0.2) is 0 Å². The number of rotatable bonds is 6. The predicted molar refractivity (Wildman–Crippen MR) is 106 cm³/mol. The number of benzene rings is 2. The maximum atomic E-state index is 12.4. The first-order valence-electron chi connectivity index (χ1n) is 9.15. The van der Waals surface area contributed by atoms with E-state index in [4.69, 9.17) is 9.47 Å². The maximum Gasteiger partial charge on any atom is 0.253 e. The number of hydrogen-bond acceptors (Lipinski definition) is 4. The van der Waals surface area contributed by atoms with Crippen molar-refractivity contribution in [2.24, 2.45) is 10.9 Å². The number of amides is 2.